The van der Waals surface area contributed by atoms with E-state index in [-0.39, 0.29) is 24.7 Å². The molecule has 2 aromatic rings. The maximum absolute atomic E-state index is 12.5. The van der Waals surface area contributed by atoms with Gasteiger partial charge in [0.25, 0.3) is 0 Å². The molecule has 1 aromatic carbocycles. The normalized spacial score (nSPS) is 17.8. The topological polar surface area (TPSA) is 74.5 Å². The maximum Gasteiger partial charge on any atom is 0.315 e. The van der Waals surface area contributed by atoms with Crippen LogP contribution < -0.4 is 10.6 Å². The third-order valence-corrected chi connectivity index (χ3v) is 4.52. The van der Waals surface area contributed by atoms with Gasteiger partial charge in [-0.2, -0.15) is 0 Å². The Hall–Kier alpha value is -2.27. The number of aryl methyl sites for hydroxylation is 1. The fraction of sp³-hybridized carbons (Fsp3) is 0.421. The molecule has 0 bridgehead atoms. The van der Waals surface area contributed by atoms with Crippen LogP contribution in [-0.2, 0) is 6.42 Å². The van der Waals surface area contributed by atoms with Crippen molar-refractivity contribution in [3.8, 4) is 0 Å². The average Bonchev–Trinajstić information content (AvgIpc) is 3.09. The predicted octanol–water partition coefficient (Wildman–Crippen LogP) is 3.47. The van der Waals surface area contributed by atoms with Crippen molar-refractivity contribution in [3.63, 3.8) is 0 Å². The number of nitrogens with one attached hydrogen (secondary N) is 2. The number of hydrogen-bond donors (Lipinski definition) is 3. The number of aliphatic hydroxyl groups is 1. The number of fused-ring (bicyclic) bond motifs is 1. The molecule has 3 rings (SSSR count). The van der Waals surface area contributed by atoms with Gasteiger partial charge in [-0.3, -0.25) is 0 Å². The zero-order valence-corrected chi connectivity index (χ0v) is 13.7. The van der Waals surface area contributed by atoms with Gasteiger partial charge >= 0.3 is 6.03 Å². The van der Waals surface area contributed by atoms with Crippen molar-refractivity contribution < 1.29 is 14.3 Å². The Labute approximate surface area is 142 Å². The monoisotopic (exact) mass is 328 g/mol. The third kappa shape index (κ3) is 3.97. The van der Waals surface area contributed by atoms with E-state index in [9.17, 15) is 4.79 Å². The van der Waals surface area contributed by atoms with E-state index in [0.717, 1.165) is 36.1 Å². The lowest BCUT2D eigenvalue weighted by Gasteiger charge is -2.25. The third-order valence-electron chi connectivity index (χ3n) is 4.52. The van der Waals surface area contributed by atoms with Gasteiger partial charge < -0.3 is 20.2 Å². The second-order valence-corrected chi connectivity index (χ2v) is 6.19. The lowest BCUT2D eigenvalue weighted by atomic mass is 9.93. The molecule has 1 heterocycles. The largest absolute Gasteiger partial charge is 0.469 e. The molecular formula is C19H24N2O3. The SMILES string of the molecule is O=C(NC(CCCO)c1ccccc1)NC1CCCc2occc21. The van der Waals surface area contributed by atoms with Gasteiger partial charge in [-0.15, -0.1) is 0 Å². The molecule has 2 amide bonds. The quantitative estimate of drug-likeness (QED) is 0.760. The van der Waals surface area contributed by atoms with Crippen LogP contribution in [0.4, 0.5) is 4.79 Å². The zero-order chi connectivity index (χ0) is 16.8. The number of hydrogen-bond acceptors (Lipinski definition) is 3. The van der Waals surface area contributed by atoms with Crippen molar-refractivity contribution in [2.45, 2.75) is 44.2 Å². The van der Waals surface area contributed by atoms with Crippen LogP contribution in [0.1, 0.15) is 54.7 Å². The van der Waals surface area contributed by atoms with Gasteiger partial charge in [0.2, 0.25) is 0 Å². The summed E-state index contributed by atoms with van der Waals surface area (Å²) in [5.41, 5.74) is 2.14. The summed E-state index contributed by atoms with van der Waals surface area (Å²) in [6.45, 7) is 0.119. The van der Waals surface area contributed by atoms with E-state index in [4.69, 9.17) is 9.52 Å². The number of aliphatic hydroxyl groups excluding tert-OH is 1. The Kier molecular flexibility index (Phi) is 5.54. The van der Waals surface area contributed by atoms with Crippen LogP contribution in [0.3, 0.4) is 0 Å². The van der Waals surface area contributed by atoms with Crippen LogP contribution in [-0.4, -0.2) is 17.7 Å². The van der Waals surface area contributed by atoms with Crippen molar-refractivity contribution >= 4 is 6.03 Å². The van der Waals surface area contributed by atoms with E-state index < -0.39 is 0 Å². The first kappa shape index (κ1) is 16.6. The molecule has 0 fully saturated rings. The fourth-order valence-electron chi connectivity index (χ4n) is 3.30. The molecule has 1 aliphatic rings. The van der Waals surface area contributed by atoms with E-state index in [1.807, 2.05) is 36.4 Å². The standard InChI is InChI=1S/C19H24N2O3/c22-12-5-9-16(14-6-2-1-3-7-14)20-19(23)21-17-8-4-10-18-15(17)11-13-24-18/h1-3,6-7,11,13,16-17,22H,4-5,8-10,12H2,(H2,20,21,23). The van der Waals surface area contributed by atoms with Crippen molar-refractivity contribution in [1.82, 2.24) is 10.6 Å². The van der Waals surface area contributed by atoms with E-state index in [1.165, 1.54) is 0 Å². The van der Waals surface area contributed by atoms with Gasteiger partial charge in [0.15, 0.2) is 0 Å². The lowest BCUT2D eigenvalue weighted by Crippen LogP contribution is -2.40. The van der Waals surface area contributed by atoms with Crippen LogP contribution >= 0.6 is 0 Å². The molecule has 5 heteroatoms. The van der Waals surface area contributed by atoms with Gasteiger partial charge in [0.1, 0.15) is 5.76 Å². The number of rotatable bonds is 6. The van der Waals surface area contributed by atoms with Gasteiger partial charge in [0, 0.05) is 18.6 Å². The molecule has 0 saturated carbocycles. The highest BCUT2D eigenvalue weighted by atomic mass is 16.3. The molecule has 1 aromatic heterocycles. The van der Waals surface area contributed by atoms with E-state index in [2.05, 4.69) is 10.6 Å². The van der Waals surface area contributed by atoms with Crippen molar-refractivity contribution in [3.05, 3.63) is 59.5 Å². The van der Waals surface area contributed by atoms with Gasteiger partial charge in [0.05, 0.1) is 18.3 Å². The molecule has 0 radical (unpaired) electrons. The molecule has 24 heavy (non-hydrogen) atoms. The first-order valence-corrected chi connectivity index (χ1v) is 8.57. The second kappa shape index (κ2) is 8.02. The Bertz CT molecular complexity index is 654. The van der Waals surface area contributed by atoms with Crippen molar-refractivity contribution in [1.29, 1.82) is 0 Å². The lowest BCUT2D eigenvalue weighted by molar-refractivity contribution is 0.227. The fourth-order valence-corrected chi connectivity index (χ4v) is 3.30. The zero-order valence-electron chi connectivity index (χ0n) is 13.7. The summed E-state index contributed by atoms with van der Waals surface area (Å²) in [5, 5.41) is 15.2. The Morgan fingerprint density at radius 2 is 2.12 bits per heavy atom. The first-order valence-electron chi connectivity index (χ1n) is 8.57. The molecule has 3 N–H and O–H groups in total. The molecule has 0 spiro atoms. The highest BCUT2D eigenvalue weighted by Gasteiger charge is 2.25. The molecule has 0 saturated heterocycles. The van der Waals surface area contributed by atoms with Crippen LogP contribution in [0.15, 0.2) is 47.1 Å². The average molecular weight is 328 g/mol. The van der Waals surface area contributed by atoms with Crippen LogP contribution in [0, 0.1) is 0 Å². The minimum Gasteiger partial charge on any atom is -0.469 e. The van der Waals surface area contributed by atoms with Crippen LogP contribution in [0.2, 0.25) is 0 Å². The van der Waals surface area contributed by atoms with E-state index in [1.54, 1.807) is 6.26 Å². The summed E-state index contributed by atoms with van der Waals surface area (Å²) in [6.07, 6.45) is 5.91. The molecule has 5 nitrogen and oxygen atoms in total. The van der Waals surface area contributed by atoms with E-state index >= 15 is 0 Å². The van der Waals surface area contributed by atoms with Crippen LogP contribution in [0.25, 0.3) is 0 Å². The molecule has 128 valence electrons. The number of benzene rings is 1. The number of furan rings is 1. The van der Waals surface area contributed by atoms with Gasteiger partial charge in [-0.05, 0) is 37.3 Å². The summed E-state index contributed by atoms with van der Waals surface area (Å²) in [5.74, 6) is 0.978. The van der Waals surface area contributed by atoms with Gasteiger partial charge in [-0.1, -0.05) is 30.3 Å². The summed E-state index contributed by atoms with van der Waals surface area (Å²) in [4.78, 5) is 12.5. The highest BCUT2D eigenvalue weighted by Crippen LogP contribution is 2.30. The minimum atomic E-state index is -0.180. The molecule has 2 atom stereocenters. The van der Waals surface area contributed by atoms with Crippen molar-refractivity contribution in [2.24, 2.45) is 0 Å². The molecule has 2 unspecified atom stereocenters. The predicted molar refractivity (Wildman–Crippen MR) is 91.6 cm³/mol. The Morgan fingerprint density at radius 1 is 1.29 bits per heavy atom. The Morgan fingerprint density at radius 3 is 2.92 bits per heavy atom. The van der Waals surface area contributed by atoms with Crippen LogP contribution in [0.5, 0.6) is 0 Å². The summed E-state index contributed by atoms with van der Waals surface area (Å²) < 4.78 is 5.47. The van der Waals surface area contributed by atoms with Gasteiger partial charge in [-0.25, -0.2) is 4.79 Å². The first-order chi connectivity index (χ1) is 11.8. The number of carbonyl (C=O) groups excluding carboxylic acids is 1. The summed E-state index contributed by atoms with van der Waals surface area (Å²) in [6, 6.07) is 11.5. The highest BCUT2D eigenvalue weighted by molar-refractivity contribution is 5.75. The number of carbonyl (C=O) groups is 1. The molecular weight excluding hydrogens is 304 g/mol. The molecule has 1 aliphatic carbocycles. The second-order valence-electron chi connectivity index (χ2n) is 6.19. The number of amides is 2. The summed E-state index contributed by atoms with van der Waals surface area (Å²) >= 11 is 0. The Balaban J connectivity index is 1.64. The smallest absolute Gasteiger partial charge is 0.315 e. The van der Waals surface area contributed by atoms with Crippen molar-refractivity contribution in [2.75, 3.05) is 6.61 Å². The molecule has 0 aliphatic heterocycles. The van der Waals surface area contributed by atoms with E-state index in [0.29, 0.717) is 12.8 Å². The maximum atomic E-state index is 12.5. The number of urea groups is 1. The summed E-state index contributed by atoms with van der Waals surface area (Å²) in [7, 11) is 0. The minimum absolute atomic E-state index is 0.00163.